The maximum Gasteiger partial charge on any atom is 0.363 e. The van der Waals surface area contributed by atoms with E-state index in [1.807, 2.05) is 5.32 Å². The number of nitrogens with two attached hydrogens (primary N) is 2. The number of hydrogen-bond donors (Lipinski definition) is 5. The van der Waals surface area contributed by atoms with Gasteiger partial charge in [-0.25, -0.2) is 9.78 Å². The summed E-state index contributed by atoms with van der Waals surface area (Å²) < 4.78 is 31.3. The third kappa shape index (κ3) is 4.47. The lowest BCUT2D eigenvalue weighted by molar-refractivity contribution is -0.161. The number of carbonyl (C=O) groups excluding carboxylic acids is 3. The Balaban J connectivity index is 2.34. The van der Waals surface area contributed by atoms with Gasteiger partial charge in [0.15, 0.2) is 16.9 Å². The van der Waals surface area contributed by atoms with Crippen LogP contribution < -0.4 is 16.8 Å². The van der Waals surface area contributed by atoms with Crippen LogP contribution in [0, 0.1) is 0 Å². The zero-order valence-electron chi connectivity index (χ0n) is 15.3. The Bertz CT molecular complexity index is 1050. The van der Waals surface area contributed by atoms with E-state index in [0.29, 0.717) is 0 Å². The molecular weight excluding hydrogens is 448 g/mol. The molecule has 17 heteroatoms. The van der Waals surface area contributed by atoms with Gasteiger partial charge in [0.2, 0.25) is 11.5 Å². The maximum atomic E-state index is 12.6. The molecular formula is C13H16N6O9S2. The Hall–Kier alpha value is -3.31. The van der Waals surface area contributed by atoms with E-state index < -0.39 is 57.4 Å². The van der Waals surface area contributed by atoms with Crippen molar-refractivity contribution in [1.82, 2.24) is 14.6 Å². The molecule has 0 saturated carbocycles. The summed E-state index contributed by atoms with van der Waals surface area (Å²) in [7, 11) is -5.10. The minimum atomic E-state index is -5.10. The summed E-state index contributed by atoms with van der Waals surface area (Å²) in [5, 5.41) is 15.9. The summed E-state index contributed by atoms with van der Waals surface area (Å²) in [6, 6.07) is -3.64. The zero-order chi connectivity index (χ0) is 23.0. The molecule has 0 radical (unpaired) electrons. The molecule has 0 aromatic carbocycles. The molecule has 0 spiro atoms. The Morgan fingerprint density at radius 1 is 1.40 bits per heavy atom. The van der Waals surface area contributed by atoms with Crippen LogP contribution in [0.3, 0.4) is 0 Å². The number of anilines is 1. The lowest BCUT2D eigenvalue weighted by Crippen LogP contribution is -2.75. The lowest BCUT2D eigenvalue weighted by Gasteiger charge is -2.41. The fourth-order valence-electron chi connectivity index (χ4n) is 2.15. The number of carbonyl (C=O) groups is 4. The highest BCUT2D eigenvalue weighted by Gasteiger charge is 2.57. The molecule has 164 valence electrons. The SMILES string of the molecule is CC(C)(ON=C(C(=O)N[C@H]1C(=O)N(S(=O)(=O)O)[C@@H]1C(N)=O)c1csc(N)n1)C(=O)O. The molecule has 0 bridgehead atoms. The molecule has 2 atom stereocenters. The fourth-order valence-corrected chi connectivity index (χ4v) is 3.55. The van der Waals surface area contributed by atoms with Gasteiger partial charge in [0, 0.05) is 5.38 Å². The first-order valence-corrected chi connectivity index (χ1v) is 10.1. The van der Waals surface area contributed by atoms with E-state index in [0.717, 1.165) is 25.2 Å². The van der Waals surface area contributed by atoms with Crippen molar-refractivity contribution in [1.29, 1.82) is 0 Å². The van der Waals surface area contributed by atoms with Gasteiger partial charge in [-0.15, -0.1) is 11.3 Å². The van der Waals surface area contributed by atoms with Crippen LogP contribution in [-0.4, -0.2) is 74.5 Å². The van der Waals surface area contributed by atoms with Crippen LogP contribution >= 0.6 is 11.3 Å². The van der Waals surface area contributed by atoms with Gasteiger partial charge in [0.25, 0.3) is 11.8 Å². The van der Waals surface area contributed by atoms with Crippen molar-refractivity contribution in [3.63, 3.8) is 0 Å². The second kappa shape index (κ2) is 7.84. The number of β-lactam (4-membered cyclic amide) rings is 1. The van der Waals surface area contributed by atoms with E-state index >= 15 is 0 Å². The molecule has 2 heterocycles. The number of nitrogen functional groups attached to an aromatic ring is 1. The number of primary amides is 1. The standard InChI is InChI=1S/C13H16N6O9S2/c1-13(2,11(23)24)28-18-5(4-3-29-12(15)16-4)9(21)17-6-7(8(14)20)19(10(6)22)30(25,26)27/h3,6-7H,1-2H3,(H2,14,20)(H2,15,16)(H,17,21)(H,23,24)(H,25,26,27)/t6-,7+/m1/s1. The number of nitrogens with zero attached hydrogens (tertiary/aromatic N) is 3. The molecule has 1 aliphatic heterocycles. The first kappa shape index (κ1) is 23.0. The van der Waals surface area contributed by atoms with Crippen molar-refractivity contribution < 1.29 is 42.1 Å². The minimum absolute atomic E-state index is 0.0234. The van der Waals surface area contributed by atoms with Gasteiger partial charge in [0.05, 0.1) is 0 Å². The monoisotopic (exact) mass is 464 g/mol. The lowest BCUT2D eigenvalue weighted by atomic mass is 9.98. The predicted molar refractivity (Wildman–Crippen MR) is 99.2 cm³/mol. The number of oxime groups is 1. The molecule has 3 amide bonds. The first-order chi connectivity index (χ1) is 13.7. The average molecular weight is 464 g/mol. The van der Waals surface area contributed by atoms with E-state index in [9.17, 15) is 27.6 Å². The number of hydrogen-bond acceptors (Lipinski definition) is 11. The van der Waals surface area contributed by atoms with Crippen molar-refractivity contribution in [3.05, 3.63) is 11.1 Å². The van der Waals surface area contributed by atoms with Gasteiger partial charge < -0.3 is 26.7 Å². The summed E-state index contributed by atoms with van der Waals surface area (Å²) in [4.78, 5) is 56.0. The highest BCUT2D eigenvalue weighted by atomic mass is 32.2. The molecule has 30 heavy (non-hydrogen) atoms. The summed E-state index contributed by atoms with van der Waals surface area (Å²) in [6.45, 7) is 2.29. The Morgan fingerprint density at radius 2 is 2.00 bits per heavy atom. The molecule has 0 unspecified atom stereocenters. The Kier molecular flexibility index (Phi) is 6.00. The Morgan fingerprint density at radius 3 is 2.43 bits per heavy atom. The molecule has 1 aliphatic rings. The molecule has 7 N–H and O–H groups in total. The van der Waals surface area contributed by atoms with Crippen LogP contribution in [0.25, 0.3) is 0 Å². The highest BCUT2D eigenvalue weighted by molar-refractivity contribution is 7.84. The van der Waals surface area contributed by atoms with Crippen molar-refractivity contribution in [2.75, 3.05) is 5.73 Å². The van der Waals surface area contributed by atoms with Crippen molar-refractivity contribution in [3.8, 4) is 0 Å². The van der Waals surface area contributed by atoms with Crippen LogP contribution in [-0.2, 0) is 34.3 Å². The summed E-state index contributed by atoms with van der Waals surface area (Å²) in [5.41, 5.74) is 7.94. The van der Waals surface area contributed by atoms with Crippen LogP contribution in [0.5, 0.6) is 0 Å². The van der Waals surface area contributed by atoms with Gasteiger partial charge in [-0.1, -0.05) is 5.16 Å². The van der Waals surface area contributed by atoms with E-state index in [1.165, 1.54) is 5.38 Å². The summed E-state index contributed by atoms with van der Waals surface area (Å²) in [6.07, 6.45) is 0. The third-order valence-corrected chi connectivity index (χ3v) is 5.32. The first-order valence-electron chi connectivity index (χ1n) is 7.78. The smallest absolute Gasteiger partial charge is 0.363 e. The maximum absolute atomic E-state index is 12.6. The van der Waals surface area contributed by atoms with Crippen molar-refractivity contribution >= 4 is 56.2 Å². The van der Waals surface area contributed by atoms with Gasteiger partial charge in [-0.3, -0.25) is 18.9 Å². The molecule has 1 saturated heterocycles. The molecule has 1 aromatic heterocycles. The van der Waals surface area contributed by atoms with E-state index in [2.05, 4.69) is 10.1 Å². The molecule has 1 aromatic rings. The number of nitrogens with one attached hydrogen (secondary N) is 1. The molecule has 0 aliphatic carbocycles. The number of thiazole rings is 1. The topological polar surface area (TPSA) is 245 Å². The van der Waals surface area contributed by atoms with Crippen molar-refractivity contribution in [2.24, 2.45) is 10.9 Å². The van der Waals surface area contributed by atoms with E-state index in [4.69, 9.17) is 26.0 Å². The quantitative estimate of drug-likeness (QED) is 0.114. The zero-order valence-corrected chi connectivity index (χ0v) is 16.9. The minimum Gasteiger partial charge on any atom is -0.478 e. The highest BCUT2D eigenvalue weighted by Crippen LogP contribution is 2.24. The largest absolute Gasteiger partial charge is 0.478 e. The molecule has 2 rings (SSSR count). The number of aromatic nitrogens is 1. The summed E-state index contributed by atoms with van der Waals surface area (Å²) >= 11 is 0.910. The van der Waals surface area contributed by atoms with Crippen LogP contribution in [0.2, 0.25) is 0 Å². The van der Waals surface area contributed by atoms with E-state index in [-0.39, 0.29) is 15.1 Å². The second-order valence-electron chi connectivity index (χ2n) is 6.33. The molecule has 1 fully saturated rings. The van der Waals surface area contributed by atoms with Crippen molar-refractivity contribution in [2.45, 2.75) is 31.5 Å². The number of carboxylic acid groups (broad SMARTS) is 1. The number of amides is 3. The predicted octanol–water partition coefficient (Wildman–Crippen LogP) is -2.71. The van der Waals surface area contributed by atoms with Gasteiger partial charge in [-0.05, 0) is 13.8 Å². The van der Waals surface area contributed by atoms with Gasteiger partial charge in [-0.2, -0.15) is 12.7 Å². The van der Waals surface area contributed by atoms with Crippen LogP contribution in [0.4, 0.5) is 5.13 Å². The summed E-state index contributed by atoms with van der Waals surface area (Å²) in [5.74, 6) is -5.24. The van der Waals surface area contributed by atoms with Crippen LogP contribution in [0.15, 0.2) is 10.5 Å². The third-order valence-electron chi connectivity index (χ3n) is 3.74. The number of rotatable bonds is 8. The number of carboxylic acids is 1. The molecule has 15 nitrogen and oxygen atoms in total. The van der Waals surface area contributed by atoms with Gasteiger partial charge in [0.1, 0.15) is 11.7 Å². The normalized spacial score (nSPS) is 19.8. The number of aliphatic carboxylic acids is 1. The van der Waals surface area contributed by atoms with Gasteiger partial charge >= 0.3 is 16.3 Å². The average Bonchev–Trinajstić information content (AvgIpc) is 3.01. The van der Waals surface area contributed by atoms with E-state index in [1.54, 1.807) is 0 Å². The fraction of sp³-hybridized carbons (Fsp3) is 0.385. The second-order valence-corrected chi connectivity index (χ2v) is 8.51. The van der Waals surface area contributed by atoms with Crippen LogP contribution in [0.1, 0.15) is 19.5 Å². The Labute approximate surface area is 172 Å².